The van der Waals surface area contributed by atoms with Crippen LogP contribution in [-0.2, 0) is 4.79 Å². The van der Waals surface area contributed by atoms with E-state index in [2.05, 4.69) is 21.2 Å². The highest BCUT2D eigenvalue weighted by Gasteiger charge is 2.02. The van der Waals surface area contributed by atoms with Crippen LogP contribution in [0.3, 0.4) is 0 Å². The maximum Gasteiger partial charge on any atom is 0.314 e. The summed E-state index contributed by atoms with van der Waals surface area (Å²) in [6, 6.07) is 3.90. The van der Waals surface area contributed by atoms with Crippen LogP contribution in [0.5, 0.6) is 0 Å². The van der Waals surface area contributed by atoms with Gasteiger partial charge in [0, 0.05) is 10.2 Å². The molecule has 12 heavy (non-hydrogen) atoms. The number of hydrogen-bond acceptors (Lipinski definition) is 1. The van der Waals surface area contributed by atoms with Gasteiger partial charge in [0.05, 0.1) is 0 Å². The zero-order chi connectivity index (χ0) is 9.14. The number of aryl methyl sites for hydroxylation is 2. The molecule has 1 aromatic carbocycles. The van der Waals surface area contributed by atoms with Crippen LogP contribution in [0.25, 0.3) is 0 Å². The Kier molecular flexibility index (Phi) is 2.87. The van der Waals surface area contributed by atoms with Gasteiger partial charge in [-0.15, -0.1) is 0 Å². The van der Waals surface area contributed by atoms with Crippen LogP contribution in [0, 0.1) is 13.8 Å². The van der Waals surface area contributed by atoms with E-state index in [-0.39, 0.29) is 0 Å². The Hall–Kier alpha value is -0.830. The second kappa shape index (κ2) is 3.72. The van der Waals surface area contributed by atoms with Crippen molar-refractivity contribution in [1.82, 2.24) is 0 Å². The van der Waals surface area contributed by atoms with Gasteiger partial charge in [-0.2, -0.15) is 0 Å². The first-order valence-electron chi connectivity index (χ1n) is 3.55. The number of nitrogens with one attached hydrogen (secondary N) is 1. The highest BCUT2D eigenvalue weighted by atomic mass is 79.9. The van der Waals surface area contributed by atoms with Crippen LogP contribution < -0.4 is 5.32 Å². The van der Waals surface area contributed by atoms with E-state index in [9.17, 15) is 4.79 Å². The van der Waals surface area contributed by atoms with E-state index in [4.69, 9.17) is 0 Å². The van der Waals surface area contributed by atoms with E-state index in [1.807, 2.05) is 26.0 Å². The molecule has 0 aliphatic rings. The summed E-state index contributed by atoms with van der Waals surface area (Å²) >= 11 is 3.37. The Morgan fingerprint density at radius 3 is 2.25 bits per heavy atom. The number of hydrogen-bond donors (Lipinski definition) is 1. The lowest BCUT2D eigenvalue weighted by Crippen LogP contribution is -1.98. The van der Waals surface area contributed by atoms with E-state index in [1.54, 1.807) is 6.41 Å². The maximum atomic E-state index is 10.1. The summed E-state index contributed by atoms with van der Waals surface area (Å²) in [6.45, 7) is 3.88. The van der Waals surface area contributed by atoms with Crippen LogP contribution in [-0.4, -0.2) is 6.41 Å². The highest BCUT2D eigenvalue weighted by molar-refractivity contribution is 9.10. The Balaban J connectivity index is 3.18. The third-order valence-corrected chi connectivity index (χ3v) is 2.13. The molecule has 0 bridgehead atoms. The Morgan fingerprint density at radius 1 is 1.33 bits per heavy atom. The van der Waals surface area contributed by atoms with Crippen molar-refractivity contribution in [2.75, 3.05) is 5.32 Å². The Labute approximate surface area is 80.1 Å². The summed E-state index contributed by atoms with van der Waals surface area (Å²) in [7, 11) is 0. The minimum absolute atomic E-state index is 0.841. The van der Waals surface area contributed by atoms with Crippen LogP contribution in [0.2, 0.25) is 0 Å². The molecule has 0 saturated carbocycles. The molecule has 1 N–H and O–H groups in total. The quantitative estimate of drug-likeness (QED) is 0.773. The average molecular weight is 227 g/mol. The zero-order valence-corrected chi connectivity index (χ0v) is 8.53. The lowest BCUT2D eigenvalue weighted by atomic mass is 10.1. The van der Waals surface area contributed by atoms with Crippen molar-refractivity contribution in [1.29, 1.82) is 0 Å². The molecule has 1 amide bonds. The molecule has 1 rings (SSSR count). The van der Waals surface area contributed by atoms with Gasteiger partial charge in [-0.05, 0) is 37.1 Å². The van der Waals surface area contributed by atoms with Crippen molar-refractivity contribution in [2.45, 2.75) is 13.8 Å². The van der Waals surface area contributed by atoms with Crippen molar-refractivity contribution in [3.8, 4) is 0 Å². The molecule has 0 unspecified atom stereocenters. The fourth-order valence-corrected chi connectivity index (χ4v) is 1.85. The van der Waals surface area contributed by atoms with Gasteiger partial charge in [0.15, 0.2) is 0 Å². The average Bonchev–Trinajstić information content (AvgIpc) is 1.96. The normalized spacial score (nSPS) is 9.58. The molecule has 0 spiro atoms. The predicted molar refractivity (Wildman–Crippen MR) is 52.9 cm³/mol. The molecule has 1 aromatic rings. The van der Waals surface area contributed by atoms with Crippen molar-refractivity contribution >= 4 is 28.0 Å². The van der Waals surface area contributed by atoms with Crippen LogP contribution >= 0.6 is 15.9 Å². The third kappa shape index (κ3) is 1.85. The van der Waals surface area contributed by atoms with Gasteiger partial charge >= 0.3 is 6.41 Å². The first-order chi connectivity index (χ1) is 5.65. The largest absolute Gasteiger partial charge is 0.317 e. The smallest absolute Gasteiger partial charge is 0.314 e. The topological polar surface area (TPSA) is 29.1 Å². The summed E-state index contributed by atoms with van der Waals surface area (Å²) < 4.78 is 1.02. The van der Waals surface area contributed by atoms with Crippen molar-refractivity contribution < 1.29 is 4.79 Å². The van der Waals surface area contributed by atoms with E-state index in [0.717, 1.165) is 21.3 Å². The number of carbonyl (C=O) groups excluding carboxylic acids is 1. The second-order valence-electron chi connectivity index (χ2n) is 2.64. The number of rotatable bonds is 2. The first kappa shape index (κ1) is 9.26. The monoisotopic (exact) mass is 226 g/mol. The lowest BCUT2D eigenvalue weighted by Gasteiger charge is -2.07. The zero-order valence-electron chi connectivity index (χ0n) is 6.94. The standard InChI is InChI=1S/C9H9BrNO/c1-6-3-8(10)4-7(2)9(6)11-5-12/h3-4H,1-2H3,(H,11,12). The Morgan fingerprint density at radius 2 is 1.83 bits per heavy atom. The van der Waals surface area contributed by atoms with E-state index < -0.39 is 0 Å². The van der Waals surface area contributed by atoms with Crippen molar-refractivity contribution in [3.63, 3.8) is 0 Å². The fourth-order valence-electron chi connectivity index (χ4n) is 1.16. The summed E-state index contributed by atoms with van der Waals surface area (Å²) in [6.07, 6.45) is 1.67. The van der Waals surface area contributed by atoms with Gasteiger partial charge in [0.25, 0.3) is 0 Å². The molecule has 63 valence electrons. The number of anilines is 1. The second-order valence-corrected chi connectivity index (χ2v) is 3.56. The number of benzene rings is 1. The maximum absolute atomic E-state index is 10.1. The van der Waals surface area contributed by atoms with Gasteiger partial charge in [0.2, 0.25) is 0 Å². The number of amides is 1. The van der Waals surface area contributed by atoms with E-state index >= 15 is 0 Å². The molecule has 2 nitrogen and oxygen atoms in total. The molecule has 1 radical (unpaired) electrons. The molecule has 0 aliphatic carbocycles. The van der Waals surface area contributed by atoms with Gasteiger partial charge < -0.3 is 5.32 Å². The van der Waals surface area contributed by atoms with Crippen molar-refractivity contribution in [3.05, 3.63) is 27.7 Å². The van der Waals surface area contributed by atoms with Crippen LogP contribution in [0.15, 0.2) is 16.6 Å². The fraction of sp³-hybridized carbons (Fsp3) is 0.222. The summed E-state index contributed by atoms with van der Waals surface area (Å²) in [5.74, 6) is 0. The highest BCUT2D eigenvalue weighted by Crippen LogP contribution is 2.24. The summed E-state index contributed by atoms with van der Waals surface area (Å²) in [4.78, 5) is 10.1. The molecule has 3 heteroatoms. The molecule has 0 heterocycles. The predicted octanol–water partition coefficient (Wildman–Crippen LogP) is 2.55. The summed E-state index contributed by atoms with van der Waals surface area (Å²) in [5.41, 5.74) is 2.91. The van der Waals surface area contributed by atoms with E-state index in [1.165, 1.54) is 0 Å². The molecule has 0 saturated heterocycles. The van der Waals surface area contributed by atoms with Gasteiger partial charge in [-0.1, -0.05) is 15.9 Å². The van der Waals surface area contributed by atoms with Crippen LogP contribution in [0.4, 0.5) is 5.69 Å². The minimum atomic E-state index is 0.841. The van der Waals surface area contributed by atoms with E-state index in [0.29, 0.717) is 0 Å². The van der Waals surface area contributed by atoms with Crippen molar-refractivity contribution in [2.24, 2.45) is 0 Å². The van der Waals surface area contributed by atoms with Crippen LogP contribution in [0.1, 0.15) is 11.1 Å². The first-order valence-corrected chi connectivity index (χ1v) is 4.34. The third-order valence-electron chi connectivity index (χ3n) is 1.67. The van der Waals surface area contributed by atoms with Gasteiger partial charge in [-0.25, -0.2) is 0 Å². The minimum Gasteiger partial charge on any atom is -0.317 e. The number of halogens is 1. The summed E-state index contributed by atoms with van der Waals surface area (Å²) in [5, 5.41) is 2.54. The Bertz CT molecular complexity index is 286. The lowest BCUT2D eigenvalue weighted by molar-refractivity contribution is 0.561. The molecular weight excluding hydrogens is 218 g/mol. The molecule has 0 aliphatic heterocycles. The SMILES string of the molecule is Cc1cc(Br)cc(C)c1N[C]=O. The molecule has 0 aromatic heterocycles. The molecule has 0 fully saturated rings. The molecular formula is C9H9BrNO. The van der Waals surface area contributed by atoms with Gasteiger partial charge in [-0.3, -0.25) is 4.79 Å². The van der Waals surface area contributed by atoms with Gasteiger partial charge in [0.1, 0.15) is 0 Å². The molecule has 0 atom stereocenters.